The number of hydrogen-bond donors (Lipinski definition) is 2. The first-order chi connectivity index (χ1) is 7.72. The maximum atomic E-state index is 9.97. The molecule has 0 saturated carbocycles. The van der Waals surface area contributed by atoms with Crippen molar-refractivity contribution < 1.29 is 14.6 Å². The lowest BCUT2D eigenvalue weighted by Gasteiger charge is -2.25. The molecule has 16 heavy (non-hydrogen) atoms. The van der Waals surface area contributed by atoms with Crippen LogP contribution in [0.15, 0.2) is 12.1 Å². The van der Waals surface area contributed by atoms with Crippen LogP contribution in [0, 0.1) is 0 Å². The third kappa shape index (κ3) is 2.24. The molecule has 0 spiro atoms. The molecule has 1 aliphatic heterocycles. The Labute approximate surface area is 99.1 Å². The van der Waals surface area contributed by atoms with Crippen molar-refractivity contribution in [2.24, 2.45) is 0 Å². The molecule has 0 radical (unpaired) electrons. The number of rotatable bonds is 2. The highest BCUT2D eigenvalue weighted by Crippen LogP contribution is 2.38. The van der Waals surface area contributed by atoms with Gasteiger partial charge in [0.25, 0.3) is 0 Å². The lowest BCUT2D eigenvalue weighted by atomic mass is 10.1. The van der Waals surface area contributed by atoms with E-state index in [9.17, 15) is 5.11 Å². The topological polar surface area (TPSA) is 50.7 Å². The number of aromatic hydroxyl groups is 1. The van der Waals surface area contributed by atoms with Crippen LogP contribution in [0.1, 0.15) is 11.7 Å². The van der Waals surface area contributed by atoms with Crippen molar-refractivity contribution in [1.82, 2.24) is 5.32 Å². The van der Waals surface area contributed by atoms with E-state index in [1.54, 1.807) is 12.1 Å². The fourth-order valence-electron chi connectivity index (χ4n) is 1.76. The van der Waals surface area contributed by atoms with Crippen molar-refractivity contribution in [3.63, 3.8) is 0 Å². The summed E-state index contributed by atoms with van der Waals surface area (Å²) in [5.41, 5.74) is 0.663. The Morgan fingerprint density at radius 2 is 2.38 bits per heavy atom. The van der Waals surface area contributed by atoms with Crippen LogP contribution in [0.2, 0.25) is 5.02 Å². The monoisotopic (exact) mass is 243 g/mol. The molecule has 2 N–H and O–H groups in total. The number of morpholine rings is 1. The predicted octanol–water partition coefficient (Wildman–Crippen LogP) is 1.72. The molecule has 1 aromatic rings. The number of phenols is 1. The highest BCUT2D eigenvalue weighted by Gasteiger charge is 2.21. The Hall–Kier alpha value is -0.970. The van der Waals surface area contributed by atoms with Crippen LogP contribution in [0.3, 0.4) is 0 Å². The number of ether oxygens (including phenoxy) is 2. The van der Waals surface area contributed by atoms with Crippen LogP contribution in [-0.4, -0.2) is 31.9 Å². The van der Waals surface area contributed by atoms with Gasteiger partial charge in [0, 0.05) is 29.7 Å². The SMILES string of the molecule is COc1cc(Cl)cc(C2CNCCO2)c1O. The lowest BCUT2D eigenvalue weighted by molar-refractivity contribution is 0.0261. The zero-order chi connectivity index (χ0) is 11.5. The number of benzene rings is 1. The first-order valence-corrected chi connectivity index (χ1v) is 5.49. The summed E-state index contributed by atoms with van der Waals surface area (Å²) in [6.07, 6.45) is -0.179. The lowest BCUT2D eigenvalue weighted by Crippen LogP contribution is -2.33. The van der Waals surface area contributed by atoms with Crippen LogP contribution in [-0.2, 0) is 4.74 Å². The number of phenolic OH excluding ortho intramolecular Hbond substituents is 1. The molecule has 0 bridgehead atoms. The van der Waals surface area contributed by atoms with E-state index < -0.39 is 0 Å². The van der Waals surface area contributed by atoms with E-state index in [0.717, 1.165) is 6.54 Å². The summed E-state index contributed by atoms with van der Waals surface area (Å²) in [5.74, 6) is 0.470. The van der Waals surface area contributed by atoms with E-state index in [1.165, 1.54) is 7.11 Å². The number of methoxy groups -OCH3 is 1. The first kappa shape index (κ1) is 11.5. The first-order valence-electron chi connectivity index (χ1n) is 5.11. The van der Waals surface area contributed by atoms with E-state index in [2.05, 4.69) is 5.32 Å². The minimum absolute atomic E-state index is 0.0978. The molecule has 4 nitrogen and oxygen atoms in total. The van der Waals surface area contributed by atoms with Crippen LogP contribution in [0.25, 0.3) is 0 Å². The zero-order valence-corrected chi connectivity index (χ0v) is 9.75. The van der Waals surface area contributed by atoms with Gasteiger partial charge in [0.1, 0.15) is 0 Å². The van der Waals surface area contributed by atoms with E-state index >= 15 is 0 Å². The van der Waals surface area contributed by atoms with Gasteiger partial charge in [-0.05, 0) is 6.07 Å². The zero-order valence-electron chi connectivity index (χ0n) is 9.00. The molecule has 1 heterocycles. The van der Waals surface area contributed by atoms with Gasteiger partial charge < -0.3 is 19.9 Å². The van der Waals surface area contributed by atoms with Crippen molar-refractivity contribution in [1.29, 1.82) is 0 Å². The second-order valence-corrected chi connectivity index (χ2v) is 4.05. The summed E-state index contributed by atoms with van der Waals surface area (Å²) in [5, 5.41) is 13.7. The second-order valence-electron chi connectivity index (χ2n) is 3.61. The second kappa shape index (κ2) is 4.91. The quantitative estimate of drug-likeness (QED) is 0.831. The van der Waals surface area contributed by atoms with E-state index in [-0.39, 0.29) is 11.9 Å². The highest BCUT2D eigenvalue weighted by molar-refractivity contribution is 6.30. The van der Waals surface area contributed by atoms with Crippen molar-refractivity contribution in [3.8, 4) is 11.5 Å². The standard InChI is InChI=1S/C11H14ClNO3/c1-15-9-5-7(12)4-8(11(9)14)10-6-13-2-3-16-10/h4-5,10,13-14H,2-3,6H2,1H3. The average molecular weight is 244 g/mol. The molecule has 1 aliphatic rings. The Morgan fingerprint density at radius 1 is 1.56 bits per heavy atom. The molecule has 1 saturated heterocycles. The largest absolute Gasteiger partial charge is 0.504 e. The van der Waals surface area contributed by atoms with Crippen LogP contribution in [0.5, 0.6) is 11.5 Å². The van der Waals surface area contributed by atoms with Gasteiger partial charge in [-0.1, -0.05) is 11.6 Å². The van der Waals surface area contributed by atoms with Gasteiger partial charge in [0.15, 0.2) is 11.5 Å². The Kier molecular flexibility index (Phi) is 3.53. The third-order valence-electron chi connectivity index (χ3n) is 2.56. The van der Waals surface area contributed by atoms with Crippen molar-refractivity contribution in [2.75, 3.05) is 26.8 Å². The fraction of sp³-hybridized carbons (Fsp3) is 0.455. The van der Waals surface area contributed by atoms with Crippen LogP contribution >= 0.6 is 11.6 Å². The minimum Gasteiger partial charge on any atom is -0.504 e. The normalized spacial score (nSPS) is 20.8. The summed E-state index contributed by atoms with van der Waals surface area (Å²) in [4.78, 5) is 0. The summed E-state index contributed by atoms with van der Waals surface area (Å²) in [6.45, 7) is 2.12. The van der Waals surface area contributed by atoms with Crippen LogP contribution in [0.4, 0.5) is 0 Å². The van der Waals surface area contributed by atoms with E-state index in [0.29, 0.717) is 29.5 Å². The number of halogens is 1. The van der Waals surface area contributed by atoms with Crippen molar-refractivity contribution in [2.45, 2.75) is 6.10 Å². The van der Waals surface area contributed by atoms with Crippen LogP contribution < -0.4 is 10.1 Å². The minimum atomic E-state index is -0.179. The van der Waals surface area contributed by atoms with Gasteiger partial charge in [-0.3, -0.25) is 0 Å². The van der Waals surface area contributed by atoms with Gasteiger partial charge in [-0.2, -0.15) is 0 Å². The Morgan fingerprint density at radius 3 is 3.00 bits per heavy atom. The number of nitrogens with one attached hydrogen (secondary N) is 1. The predicted molar refractivity (Wildman–Crippen MR) is 61.2 cm³/mol. The van der Waals surface area contributed by atoms with Crippen molar-refractivity contribution >= 4 is 11.6 Å². The molecule has 0 aromatic heterocycles. The Bertz CT molecular complexity index is 378. The Balaban J connectivity index is 2.34. The molecular weight excluding hydrogens is 230 g/mol. The van der Waals surface area contributed by atoms with E-state index in [1.807, 2.05) is 0 Å². The maximum Gasteiger partial charge on any atom is 0.163 e. The van der Waals surface area contributed by atoms with Gasteiger partial charge in [-0.15, -0.1) is 0 Å². The third-order valence-corrected chi connectivity index (χ3v) is 2.78. The molecule has 2 rings (SSSR count). The summed E-state index contributed by atoms with van der Waals surface area (Å²) in [7, 11) is 1.50. The summed E-state index contributed by atoms with van der Waals surface area (Å²) >= 11 is 5.95. The molecule has 1 fully saturated rings. The van der Waals surface area contributed by atoms with Gasteiger partial charge in [-0.25, -0.2) is 0 Å². The number of hydrogen-bond acceptors (Lipinski definition) is 4. The molecule has 0 amide bonds. The smallest absolute Gasteiger partial charge is 0.163 e. The maximum absolute atomic E-state index is 9.97. The van der Waals surface area contributed by atoms with Crippen molar-refractivity contribution in [3.05, 3.63) is 22.7 Å². The van der Waals surface area contributed by atoms with Gasteiger partial charge >= 0.3 is 0 Å². The fourth-order valence-corrected chi connectivity index (χ4v) is 1.98. The highest BCUT2D eigenvalue weighted by atomic mass is 35.5. The molecule has 1 atom stereocenters. The summed E-state index contributed by atoms with van der Waals surface area (Å²) < 4.78 is 10.6. The van der Waals surface area contributed by atoms with Gasteiger partial charge in [0.05, 0.1) is 19.8 Å². The van der Waals surface area contributed by atoms with E-state index in [4.69, 9.17) is 21.1 Å². The molecule has 1 unspecified atom stereocenters. The molecule has 0 aliphatic carbocycles. The van der Waals surface area contributed by atoms with Gasteiger partial charge in [0.2, 0.25) is 0 Å². The summed E-state index contributed by atoms with van der Waals surface area (Å²) in [6, 6.07) is 3.29. The molecule has 5 heteroatoms. The molecular formula is C11H14ClNO3. The average Bonchev–Trinajstić information content (AvgIpc) is 2.33. The molecule has 88 valence electrons. The molecule has 1 aromatic carbocycles.